The maximum Gasteiger partial charge on any atom is 0.420 e. The molecule has 1 atom stereocenters. The van der Waals surface area contributed by atoms with Gasteiger partial charge in [-0.15, -0.1) is 0 Å². The molecule has 0 bridgehead atoms. The molecule has 4 rings (SSSR count). The van der Waals surface area contributed by atoms with E-state index < -0.39 is 46.7 Å². The first-order chi connectivity index (χ1) is 16.6. The predicted octanol–water partition coefficient (Wildman–Crippen LogP) is 3.96. The Hall–Kier alpha value is -4.09. The van der Waals surface area contributed by atoms with Gasteiger partial charge in [0.05, 0.1) is 23.5 Å². The molecule has 0 spiro atoms. The predicted molar refractivity (Wildman–Crippen MR) is 114 cm³/mol. The molecule has 12 heteroatoms. The lowest BCUT2D eigenvalue weighted by molar-refractivity contribution is -0.138. The Kier molecular flexibility index (Phi) is 6.37. The zero-order valence-electron chi connectivity index (χ0n) is 18.3. The number of pyridine rings is 1. The molecule has 182 valence electrons. The number of carbonyl (C=O) groups excluding carboxylic acids is 2. The summed E-state index contributed by atoms with van der Waals surface area (Å²) in [6, 6.07) is 4.41. The van der Waals surface area contributed by atoms with Crippen molar-refractivity contribution in [1.29, 1.82) is 0 Å². The largest absolute Gasteiger partial charge is 0.455 e. The van der Waals surface area contributed by atoms with Gasteiger partial charge in [-0.05, 0) is 50.1 Å². The summed E-state index contributed by atoms with van der Waals surface area (Å²) in [6.07, 6.45) is 1.30. The number of nitrogens with zero attached hydrogens (tertiary/aromatic N) is 3. The second-order valence-electron chi connectivity index (χ2n) is 8.02. The number of benzene rings is 1. The smallest absolute Gasteiger partial charge is 0.420 e. The van der Waals surface area contributed by atoms with E-state index in [0.29, 0.717) is 24.6 Å². The second-order valence-corrected chi connectivity index (χ2v) is 8.02. The summed E-state index contributed by atoms with van der Waals surface area (Å²) >= 11 is 0. The Labute approximate surface area is 196 Å². The molecule has 35 heavy (non-hydrogen) atoms. The molecule has 2 heterocycles. The Morgan fingerprint density at radius 2 is 1.80 bits per heavy atom. The number of halogens is 4. The molecular weight excluding hydrogens is 470 g/mol. The van der Waals surface area contributed by atoms with Gasteiger partial charge in [-0.3, -0.25) is 14.6 Å². The Bertz CT molecular complexity index is 1230. The lowest BCUT2D eigenvalue weighted by Crippen LogP contribution is -2.49. The maximum atomic E-state index is 13.3. The standard InChI is InChI=1S/C23H19F4N5O3/c1-13(31-21(34)22(6-7-22)32-20(33)14-9-28-12-29-10-14)18-4-3-16(11-30-18)35-19-5-2-15(24)8-17(19)23(25,26)27/h2-5,8-13H,6-7H2,1H3,(H,31,34)(H,32,33). The van der Waals surface area contributed by atoms with Gasteiger partial charge >= 0.3 is 6.18 Å². The van der Waals surface area contributed by atoms with Gasteiger partial charge in [-0.25, -0.2) is 14.4 Å². The number of ether oxygens (including phenoxy) is 1. The number of nitrogens with one attached hydrogen (secondary N) is 2. The van der Waals surface area contributed by atoms with E-state index in [9.17, 15) is 27.2 Å². The first-order valence-corrected chi connectivity index (χ1v) is 10.5. The van der Waals surface area contributed by atoms with Crippen molar-refractivity contribution < 1.29 is 31.9 Å². The molecule has 8 nitrogen and oxygen atoms in total. The fraction of sp³-hybridized carbons (Fsp3) is 0.261. The van der Waals surface area contributed by atoms with Gasteiger partial charge in [0.1, 0.15) is 34.7 Å². The first-order valence-electron chi connectivity index (χ1n) is 10.5. The highest BCUT2D eigenvalue weighted by molar-refractivity contribution is 6.00. The third-order valence-corrected chi connectivity index (χ3v) is 5.39. The minimum Gasteiger partial charge on any atom is -0.455 e. The number of carbonyl (C=O) groups is 2. The van der Waals surface area contributed by atoms with E-state index in [1.807, 2.05) is 0 Å². The summed E-state index contributed by atoms with van der Waals surface area (Å²) in [4.78, 5) is 36.9. The van der Waals surface area contributed by atoms with Gasteiger partial charge < -0.3 is 15.4 Å². The first kappa shape index (κ1) is 24.0. The lowest BCUT2D eigenvalue weighted by Gasteiger charge is -2.21. The highest BCUT2D eigenvalue weighted by atomic mass is 19.4. The highest BCUT2D eigenvalue weighted by Crippen LogP contribution is 2.39. The summed E-state index contributed by atoms with van der Waals surface area (Å²) < 4.78 is 58.0. The van der Waals surface area contributed by atoms with Gasteiger partial charge in [-0.2, -0.15) is 13.2 Å². The van der Waals surface area contributed by atoms with Crippen molar-refractivity contribution in [3.63, 3.8) is 0 Å². The molecule has 2 aromatic heterocycles. The Morgan fingerprint density at radius 1 is 1.09 bits per heavy atom. The summed E-state index contributed by atoms with van der Waals surface area (Å²) in [6.45, 7) is 1.67. The number of hydrogen-bond donors (Lipinski definition) is 2. The number of hydrogen-bond acceptors (Lipinski definition) is 6. The van der Waals surface area contributed by atoms with Gasteiger partial charge in [0.25, 0.3) is 5.91 Å². The quantitative estimate of drug-likeness (QED) is 0.487. The van der Waals surface area contributed by atoms with E-state index in [-0.39, 0.29) is 11.3 Å². The topological polar surface area (TPSA) is 106 Å². The molecular formula is C23H19F4N5O3. The number of amides is 2. The monoisotopic (exact) mass is 489 g/mol. The summed E-state index contributed by atoms with van der Waals surface area (Å²) in [5.41, 5.74) is -1.65. The van der Waals surface area contributed by atoms with Crippen LogP contribution in [0.1, 0.15) is 47.4 Å². The minimum absolute atomic E-state index is 0.000362. The Morgan fingerprint density at radius 3 is 2.40 bits per heavy atom. The van der Waals surface area contributed by atoms with Crippen LogP contribution in [0.3, 0.4) is 0 Å². The molecule has 0 saturated heterocycles. The molecule has 0 aliphatic heterocycles. The van der Waals surface area contributed by atoms with Crippen molar-refractivity contribution in [2.75, 3.05) is 0 Å². The summed E-state index contributed by atoms with van der Waals surface area (Å²) in [5, 5.41) is 5.49. The van der Waals surface area contributed by atoms with Crippen molar-refractivity contribution in [2.45, 2.75) is 37.5 Å². The number of aromatic nitrogens is 3. The average Bonchev–Trinajstić information content (AvgIpc) is 3.61. The zero-order valence-corrected chi connectivity index (χ0v) is 18.3. The van der Waals surface area contributed by atoms with E-state index in [1.54, 1.807) is 6.92 Å². The van der Waals surface area contributed by atoms with Gasteiger partial charge in [0.2, 0.25) is 5.91 Å². The van der Waals surface area contributed by atoms with Crippen LogP contribution in [0.2, 0.25) is 0 Å². The lowest BCUT2D eigenvalue weighted by atomic mass is 10.1. The van der Waals surface area contributed by atoms with E-state index in [1.165, 1.54) is 37.1 Å². The third-order valence-electron chi connectivity index (χ3n) is 5.39. The van der Waals surface area contributed by atoms with Crippen LogP contribution in [0, 0.1) is 5.82 Å². The second kappa shape index (κ2) is 9.28. The average molecular weight is 489 g/mol. The number of rotatable bonds is 7. The molecule has 1 aliphatic carbocycles. The van der Waals surface area contributed by atoms with E-state index in [2.05, 4.69) is 25.6 Å². The van der Waals surface area contributed by atoms with Gasteiger partial charge in [0, 0.05) is 12.4 Å². The highest BCUT2D eigenvalue weighted by Gasteiger charge is 2.51. The van der Waals surface area contributed by atoms with Crippen molar-refractivity contribution in [1.82, 2.24) is 25.6 Å². The van der Waals surface area contributed by atoms with Crippen LogP contribution in [0.5, 0.6) is 11.5 Å². The fourth-order valence-corrected chi connectivity index (χ4v) is 3.30. The molecule has 1 unspecified atom stereocenters. The molecule has 1 saturated carbocycles. The summed E-state index contributed by atoms with van der Waals surface area (Å²) in [5.74, 6) is -2.46. The van der Waals surface area contributed by atoms with Crippen molar-refractivity contribution in [3.05, 3.63) is 77.9 Å². The van der Waals surface area contributed by atoms with Crippen LogP contribution in [0.25, 0.3) is 0 Å². The SMILES string of the molecule is CC(NC(=O)C1(NC(=O)c2cncnc2)CC1)c1ccc(Oc2ccc(F)cc2C(F)(F)F)cn1. The molecule has 1 aliphatic rings. The van der Waals surface area contributed by atoms with Crippen LogP contribution in [0.4, 0.5) is 17.6 Å². The molecule has 0 radical (unpaired) electrons. The van der Waals surface area contributed by atoms with Crippen LogP contribution >= 0.6 is 0 Å². The van der Waals surface area contributed by atoms with E-state index in [0.717, 1.165) is 12.1 Å². The number of alkyl halides is 3. The van der Waals surface area contributed by atoms with Crippen LogP contribution < -0.4 is 15.4 Å². The minimum atomic E-state index is -4.80. The molecule has 1 fully saturated rings. The van der Waals surface area contributed by atoms with Crippen LogP contribution in [0.15, 0.2) is 55.2 Å². The Balaban J connectivity index is 1.39. The van der Waals surface area contributed by atoms with Crippen LogP contribution in [-0.4, -0.2) is 32.3 Å². The molecule has 1 aromatic carbocycles. The normalized spacial score (nSPS) is 15.1. The van der Waals surface area contributed by atoms with Crippen molar-refractivity contribution in [3.8, 4) is 11.5 Å². The molecule has 3 aromatic rings. The van der Waals surface area contributed by atoms with Gasteiger partial charge in [0.15, 0.2) is 0 Å². The van der Waals surface area contributed by atoms with Gasteiger partial charge in [-0.1, -0.05) is 0 Å². The summed E-state index contributed by atoms with van der Waals surface area (Å²) in [7, 11) is 0. The zero-order chi connectivity index (χ0) is 25.2. The molecule has 2 amide bonds. The van der Waals surface area contributed by atoms with E-state index in [4.69, 9.17) is 4.74 Å². The van der Waals surface area contributed by atoms with Crippen LogP contribution in [-0.2, 0) is 11.0 Å². The molecule has 2 N–H and O–H groups in total. The van der Waals surface area contributed by atoms with Crippen molar-refractivity contribution >= 4 is 11.8 Å². The van der Waals surface area contributed by atoms with E-state index >= 15 is 0 Å². The van der Waals surface area contributed by atoms with Crippen molar-refractivity contribution in [2.24, 2.45) is 0 Å². The maximum absolute atomic E-state index is 13.3. The fourth-order valence-electron chi connectivity index (χ4n) is 3.30. The third kappa shape index (κ3) is 5.53.